The van der Waals surface area contributed by atoms with Gasteiger partial charge in [-0.3, -0.25) is 5.01 Å². The van der Waals surface area contributed by atoms with Gasteiger partial charge in [0.25, 0.3) is 0 Å². The van der Waals surface area contributed by atoms with Crippen LogP contribution in [-0.4, -0.2) is 23.5 Å². The molecule has 0 aliphatic carbocycles. The topological polar surface area (TPSA) is 24.8 Å². The van der Waals surface area contributed by atoms with E-state index >= 15 is 0 Å². The Labute approximate surface area is 131 Å². The molecule has 112 valence electrons. The van der Waals surface area contributed by atoms with Gasteiger partial charge in [0.2, 0.25) is 5.90 Å². The molecule has 0 bridgehead atoms. The van der Waals surface area contributed by atoms with Crippen LogP contribution < -0.4 is 0 Å². The van der Waals surface area contributed by atoms with E-state index in [1.807, 2.05) is 18.2 Å². The molecular weight excluding hydrogens is 272 g/mol. The van der Waals surface area contributed by atoms with Gasteiger partial charge in [0, 0.05) is 12.1 Å². The first kappa shape index (κ1) is 13.4. The number of piperidine rings is 1. The van der Waals surface area contributed by atoms with Crippen molar-refractivity contribution < 1.29 is 4.74 Å². The molecule has 3 heteroatoms. The summed E-state index contributed by atoms with van der Waals surface area (Å²) in [5.41, 5.74) is 2.29. The molecule has 2 heterocycles. The van der Waals surface area contributed by atoms with Crippen LogP contribution in [0.25, 0.3) is 0 Å². The first-order valence-corrected chi connectivity index (χ1v) is 8.04. The van der Waals surface area contributed by atoms with Crippen LogP contribution in [0, 0.1) is 0 Å². The molecular formula is C19H20N2O. The third-order valence-corrected chi connectivity index (χ3v) is 4.48. The molecule has 2 aromatic carbocycles. The Hall–Kier alpha value is -2.29. The number of fused-ring (bicyclic) bond motifs is 1. The minimum absolute atomic E-state index is 0.0641. The zero-order chi connectivity index (χ0) is 14.8. The monoisotopic (exact) mass is 292 g/mol. The van der Waals surface area contributed by atoms with E-state index in [2.05, 4.69) is 47.5 Å². The highest BCUT2D eigenvalue weighted by molar-refractivity contribution is 5.94. The number of hydrazone groups is 1. The van der Waals surface area contributed by atoms with Crippen molar-refractivity contribution in [2.45, 2.75) is 31.4 Å². The number of hydrogen-bond donors (Lipinski definition) is 0. The summed E-state index contributed by atoms with van der Waals surface area (Å²) in [6.45, 7) is 1.02. The van der Waals surface area contributed by atoms with E-state index in [9.17, 15) is 0 Å². The molecule has 2 atom stereocenters. The normalized spacial score (nSPS) is 24.2. The van der Waals surface area contributed by atoms with E-state index in [-0.39, 0.29) is 6.10 Å². The lowest BCUT2D eigenvalue weighted by Crippen LogP contribution is -2.45. The molecule has 0 unspecified atom stereocenters. The zero-order valence-electron chi connectivity index (χ0n) is 12.6. The van der Waals surface area contributed by atoms with E-state index in [4.69, 9.17) is 9.84 Å². The third kappa shape index (κ3) is 2.47. The second-order valence-corrected chi connectivity index (χ2v) is 5.95. The Morgan fingerprint density at radius 3 is 2.41 bits per heavy atom. The number of nitrogens with zero attached hydrogens (tertiary/aromatic N) is 2. The van der Waals surface area contributed by atoms with Crippen LogP contribution >= 0.6 is 0 Å². The van der Waals surface area contributed by atoms with Gasteiger partial charge in [0.1, 0.15) is 6.10 Å². The summed E-state index contributed by atoms with van der Waals surface area (Å²) < 4.78 is 6.34. The Bertz CT molecular complexity index is 654. The lowest BCUT2D eigenvalue weighted by molar-refractivity contribution is 0.00624. The molecule has 2 aliphatic heterocycles. The minimum Gasteiger partial charge on any atom is -0.466 e. The molecule has 0 aromatic heterocycles. The quantitative estimate of drug-likeness (QED) is 0.836. The van der Waals surface area contributed by atoms with Gasteiger partial charge in [-0.15, -0.1) is 5.10 Å². The Balaban J connectivity index is 1.72. The number of rotatable bonds is 2. The summed E-state index contributed by atoms with van der Waals surface area (Å²) in [7, 11) is 0. The van der Waals surface area contributed by atoms with Crippen molar-refractivity contribution in [2.24, 2.45) is 5.10 Å². The van der Waals surface area contributed by atoms with Crippen LogP contribution in [0.5, 0.6) is 0 Å². The summed E-state index contributed by atoms with van der Waals surface area (Å²) in [5, 5.41) is 7.02. The van der Waals surface area contributed by atoms with Gasteiger partial charge in [-0.25, -0.2) is 0 Å². The lowest BCUT2D eigenvalue weighted by atomic mass is 9.93. The van der Waals surface area contributed by atoms with Gasteiger partial charge in [0.15, 0.2) is 0 Å². The predicted octanol–water partition coefficient (Wildman–Crippen LogP) is 3.97. The first-order valence-electron chi connectivity index (χ1n) is 8.04. The maximum atomic E-state index is 6.34. The van der Waals surface area contributed by atoms with Crippen LogP contribution in [0.1, 0.15) is 36.5 Å². The largest absolute Gasteiger partial charge is 0.466 e. The first-order chi connectivity index (χ1) is 10.9. The zero-order valence-corrected chi connectivity index (χ0v) is 12.6. The van der Waals surface area contributed by atoms with Crippen molar-refractivity contribution >= 4 is 5.90 Å². The van der Waals surface area contributed by atoms with E-state index < -0.39 is 0 Å². The maximum Gasteiger partial charge on any atom is 0.238 e. The molecule has 1 fully saturated rings. The van der Waals surface area contributed by atoms with E-state index in [1.54, 1.807) is 0 Å². The molecule has 3 nitrogen and oxygen atoms in total. The van der Waals surface area contributed by atoms with Crippen molar-refractivity contribution in [3.05, 3.63) is 71.8 Å². The third-order valence-electron chi connectivity index (χ3n) is 4.48. The summed E-state index contributed by atoms with van der Waals surface area (Å²) in [6.07, 6.45) is 3.67. The standard InChI is InChI=1S/C19H20N2O/c1-3-9-15(10-4-1)18-17-13-7-8-14-21(17)20-19(22-18)16-11-5-2-6-12-16/h1-6,9-12,17-18H,7-8,13-14H2/t17-,18+/m0/s1. The molecule has 0 saturated carbocycles. The van der Waals surface area contributed by atoms with Crippen LogP contribution in [0.3, 0.4) is 0 Å². The molecule has 22 heavy (non-hydrogen) atoms. The molecule has 2 aromatic rings. The predicted molar refractivity (Wildman–Crippen MR) is 87.6 cm³/mol. The molecule has 0 spiro atoms. The van der Waals surface area contributed by atoms with Gasteiger partial charge in [0.05, 0.1) is 6.04 Å². The van der Waals surface area contributed by atoms with Gasteiger partial charge in [-0.1, -0.05) is 48.5 Å². The second-order valence-electron chi connectivity index (χ2n) is 5.95. The van der Waals surface area contributed by atoms with E-state index in [0.29, 0.717) is 6.04 Å². The fraction of sp³-hybridized carbons (Fsp3) is 0.316. The molecule has 2 aliphatic rings. The van der Waals surface area contributed by atoms with E-state index in [0.717, 1.165) is 24.4 Å². The average molecular weight is 292 g/mol. The molecule has 0 N–H and O–H groups in total. The highest BCUT2D eigenvalue weighted by atomic mass is 16.5. The van der Waals surface area contributed by atoms with Crippen molar-refractivity contribution in [3.63, 3.8) is 0 Å². The number of benzene rings is 2. The fourth-order valence-corrected chi connectivity index (χ4v) is 3.35. The summed E-state index contributed by atoms with van der Waals surface area (Å²) in [5.74, 6) is 0.743. The van der Waals surface area contributed by atoms with Crippen LogP contribution in [0.4, 0.5) is 0 Å². The lowest BCUT2D eigenvalue weighted by Gasteiger charge is -2.42. The smallest absolute Gasteiger partial charge is 0.238 e. The summed E-state index contributed by atoms with van der Waals surface area (Å²) >= 11 is 0. The van der Waals surface area contributed by atoms with Gasteiger partial charge in [-0.05, 0) is 37.0 Å². The number of hydrogen-bond acceptors (Lipinski definition) is 3. The van der Waals surface area contributed by atoms with Crippen LogP contribution in [-0.2, 0) is 4.74 Å². The highest BCUT2D eigenvalue weighted by Crippen LogP contribution is 2.35. The Morgan fingerprint density at radius 1 is 0.909 bits per heavy atom. The SMILES string of the molecule is c1ccc(C2=NN3CCCC[C@H]3[C@@H](c3ccccc3)O2)cc1. The Kier molecular flexibility index (Phi) is 3.55. The summed E-state index contributed by atoms with van der Waals surface area (Å²) in [6, 6.07) is 21.1. The van der Waals surface area contributed by atoms with Crippen LogP contribution in [0.15, 0.2) is 65.8 Å². The molecule has 0 radical (unpaired) electrons. The molecule has 1 saturated heterocycles. The molecule has 4 rings (SSSR count). The Morgan fingerprint density at radius 2 is 1.64 bits per heavy atom. The fourth-order valence-electron chi connectivity index (χ4n) is 3.35. The van der Waals surface area contributed by atoms with Gasteiger partial charge < -0.3 is 4.74 Å². The summed E-state index contributed by atoms with van der Waals surface area (Å²) in [4.78, 5) is 0. The van der Waals surface area contributed by atoms with Crippen LogP contribution in [0.2, 0.25) is 0 Å². The number of ether oxygens (including phenoxy) is 1. The van der Waals surface area contributed by atoms with Crippen molar-refractivity contribution in [3.8, 4) is 0 Å². The van der Waals surface area contributed by atoms with E-state index in [1.165, 1.54) is 18.4 Å². The van der Waals surface area contributed by atoms with Crippen molar-refractivity contribution in [2.75, 3.05) is 6.54 Å². The second kappa shape index (κ2) is 5.84. The highest BCUT2D eigenvalue weighted by Gasteiger charge is 2.36. The van der Waals surface area contributed by atoms with Crippen molar-refractivity contribution in [1.29, 1.82) is 0 Å². The minimum atomic E-state index is 0.0641. The van der Waals surface area contributed by atoms with Gasteiger partial charge >= 0.3 is 0 Å². The molecule has 0 amide bonds. The van der Waals surface area contributed by atoms with Gasteiger partial charge in [-0.2, -0.15) is 0 Å². The average Bonchev–Trinajstić information content (AvgIpc) is 2.62. The van der Waals surface area contributed by atoms with Crippen molar-refractivity contribution in [1.82, 2.24) is 5.01 Å². The maximum absolute atomic E-state index is 6.34.